The Labute approximate surface area is 109 Å². The van der Waals surface area contributed by atoms with Crippen molar-refractivity contribution in [2.45, 2.75) is 39.2 Å². The molecule has 1 rings (SSSR count). The highest BCUT2D eigenvalue weighted by Crippen LogP contribution is 2.30. The summed E-state index contributed by atoms with van der Waals surface area (Å²) in [5, 5.41) is 13.0. The molecule has 0 unspecified atom stereocenters. The van der Waals surface area contributed by atoms with E-state index in [4.69, 9.17) is 0 Å². The fraction of sp³-hybridized carbons (Fsp3) is 0.692. The summed E-state index contributed by atoms with van der Waals surface area (Å²) < 4.78 is 0. The van der Waals surface area contributed by atoms with Crippen LogP contribution in [0, 0.1) is 0 Å². The summed E-state index contributed by atoms with van der Waals surface area (Å²) in [5.41, 5.74) is 0.320. The van der Waals surface area contributed by atoms with Crippen LogP contribution in [0.5, 0.6) is 0 Å². The van der Waals surface area contributed by atoms with Gasteiger partial charge in [-0.15, -0.1) is 0 Å². The maximum absolute atomic E-state index is 9.90. The molecule has 102 valence electrons. The lowest BCUT2D eigenvalue weighted by atomic mass is 10.0. The molecule has 0 aliphatic carbocycles. The molecule has 0 aliphatic rings. The van der Waals surface area contributed by atoms with E-state index in [0.717, 1.165) is 17.2 Å². The summed E-state index contributed by atoms with van der Waals surface area (Å²) >= 11 is 0. The molecule has 1 aromatic heterocycles. The largest absolute Gasteiger partial charge is 0.389 e. The van der Waals surface area contributed by atoms with Gasteiger partial charge >= 0.3 is 0 Å². The van der Waals surface area contributed by atoms with Crippen molar-refractivity contribution >= 4 is 11.6 Å². The van der Waals surface area contributed by atoms with E-state index >= 15 is 0 Å². The molecule has 1 heterocycles. The molecule has 0 amide bonds. The Morgan fingerprint density at radius 3 is 2.44 bits per heavy atom. The van der Waals surface area contributed by atoms with Gasteiger partial charge in [-0.3, -0.25) is 0 Å². The van der Waals surface area contributed by atoms with Crippen LogP contribution >= 0.6 is 0 Å². The highest BCUT2D eigenvalue weighted by atomic mass is 16.3. The van der Waals surface area contributed by atoms with E-state index in [2.05, 4.69) is 29.1 Å². The third-order valence-corrected chi connectivity index (χ3v) is 2.66. The van der Waals surface area contributed by atoms with Crippen LogP contribution in [-0.2, 0) is 0 Å². The van der Waals surface area contributed by atoms with Crippen molar-refractivity contribution in [2.75, 3.05) is 30.9 Å². The van der Waals surface area contributed by atoms with Crippen LogP contribution in [0.2, 0.25) is 0 Å². The molecule has 0 saturated carbocycles. The molecule has 1 aromatic rings. The third-order valence-electron chi connectivity index (χ3n) is 2.66. The molecule has 2 N–H and O–H groups in total. The fourth-order valence-corrected chi connectivity index (χ4v) is 2.08. The first kappa shape index (κ1) is 14.7. The Kier molecular flexibility index (Phi) is 4.51. The average Bonchev–Trinajstić information content (AvgIpc) is 2.25. The van der Waals surface area contributed by atoms with Crippen molar-refractivity contribution < 1.29 is 5.11 Å². The highest BCUT2D eigenvalue weighted by molar-refractivity contribution is 5.59. The molecule has 5 heteroatoms. The maximum Gasteiger partial charge on any atom is 0.137 e. The number of nitrogens with one attached hydrogen (secondary N) is 1. The molecule has 0 aromatic carbocycles. The number of aromatic nitrogens is 2. The number of rotatable bonds is 5. The van der Waals surface area contributed by atoms with Gasteiger partial charge in [-0.2, -0.15) is 0 Å². The molecular formula is C13H24N4O. The Bertz CT molecular complexity index is 398. The summed E-state index contributed by atoms with van der Waals surface area (Å²) in [6.45, 7) is 8.33. The second-order valence-electron chi connectivity index (χ2n) is 5.53. The minimum atomic E-state index is -0.756. The van der Waals surface area contributed by atoms with E-state index in [1.165, 1.54) is 0 Å². The Hall–Kier alpha value is -1.36. The zero-order valence-electron chi connectivity index (χ0n) is 12.2. The molecule has 0 aliphatic heterocycles. The SMILES string of the molecule is CNc1ncnc(N(C)CC(C)(C)O)c1C(C)C. The first-order valence-corrected chi connectivity index (χ1v) is 6.22. The predicted molar refractivity (Wildman–Crippen MR) is 75.2 cm³/mol. The van der Waals surface area contributed by atoms with Gasteiger partial charge in [-0.1, -0.05) is 13.8 Å². The standard InChI is InChI=1S/C13H24N4O/c1-9(2)10-11(14-5)15-8-16-12(10)17(6)7-13(3,4)18/h8-9,18H,7H2,1-6H3,(H,14,15,16). The monoisotopic (exact) mass is 252 g/mol. The van der Waals surface area contributed by atoms with Crippen molar-refractivity contribution in [2.24, 2.45) is 0 Å². The van der Waals surface area contributed by atoms with E-state index in [-0.39, 0.29) is 0 Å². The van der Waals surface area contributed by atoms with Crippen LogP contribution in [0.25, 0.3) is 0 Å². The van der Waals surface area contributed by atoms with Crippen LogP contribution in [0.4, 0.5) is 11.6 Å². The summed E-state index contributed by atoms with van der Waals surface area (Å²) in [5.74, 6) is 2.02. The number of anilines is 2. The maximum atomic E-state index is 9.90. The highest BCUT2D eigenvalue weighted by Gasteiger charge is 2.21. The Morgan fingerprint density at radius 2 is 2.00 bits per heavy atom. The normalized spacial score (nSPS) is 11.8. The molecule has 0 bridgehead atoms. The topological polar surface area (TPSA) is 61.3 Å². The van der Waals surface area contributed by atoms with Gasteiger partial charge in [-0.25, -0.2) is 9.97 Å². The van der Waals surface area contributed by atoms with Crippen molar-refractivity contribution in [3.63, 3.8) is 0 Å². The molecule has 0 radical (unpaired) electrons. The van der Waals surface area contributed by atoms with Crippen LogP contribution in [0.3, 0.4) is 0 Å². The Balaban J connectivity index is 3.15. The van der Waals surface area contributed by atoms with E-state index in [1.807, 2.05) is 19.0 Å². The van der Waals surface area contributed by atoms with E-state index in [1.54, 1.807) is 20.2 Å². The fourth-order valence-electron chi connectivity index (χ4n) is 2.08. The van der Waals surface area contributed by atoms with E-state index in [9.17, 15) is 5.11 Å². The molecule has 0 atom stereocenters. The van der Waals surface area contributed by atoms with Crippen molar-refractivity contribution in [1.29, 1.82) is 0 Å². The summed E-state index contributed by atoms with van der Waals surface area (Å²) in [6.07, 6.45) is 1.55. The number of nitrogens with zero attached hydrogens (tertiary/aromatic N) is 3. The third kappa shape index (κ3) is 3.57. The van der Waals surface area contributed by atoms with Gasteiger partial charge in [-0.05, 0) is 19.8 Å². The number of hydrogen-bond acceptors (Lipinski definition) is 5. The van der Waals surface area contributed by atoms with Crippen molar-refractivity contribution in [3.8, 4) is 0 Å². The number of aliphatic hydroxyl groups is 1. The first-order chi connectivity index (χ1) is 8.26. The average molecular weight is 252 g/mol. The van der Waals surface area contributed by atoms with Crippen LogP contribution in [0.1, 0.15) is 39.2 Å². The van der Waals surface area contributed by atoms with Gasteiger partial charge in [0, 0.05) is 26.2 Å². The molecular weight excluding hydrogens is 228 g/mol. The first-order valence-electron chi connectivity index (χ1n) is 6.22. The lowest BCUT2D eigenvalue weighted by Gasteiger charge is -2.29. The lowest BCUT2D eigenvalue weighted by Crippen LogP contribution is -2.37. The van der Waals surface area contributed by atoms with Gasteiger partial charge in [0.05, 0.1) is 5.60 Å². The predicted octanol–water partition coefficient (Wildman–Crippen LogP) is 1.85. The summed E-state index contributed by atoms with van der Waals surface area (Å²) in [6, 6.07) is 0. The zero-order valence-corrected chi connectivity index (χ0v) is 12.2. The lowest BCUT2D eigenvalue weighted by molar-refractivity contribution is 0.0884. The summed E-state index contributed by atoms with van der Waals surface area (Å²) in [7, 11) is 3.79. The van der Waals surface area contributed by atoms with Gasteiger partial charge in [0.25, 0.3) is 0 Å². The Morgan fingerprint density at radius 1 is 1.39 bits per heavy atom. The van der Waals surface area contributed by atoms with Gasteiger partial charge in [0.1, 0.15) is 18.0 Å². The number of hydrogen-bond donors (Lipinski definition) is 2. The van der Waals surface area contributed by atoms with Crippen molar-refractivity contribution in [1.82, 2.24) is 9.97 Å². The smallest absolute Gasteiger partial charge is 0.137 e. The molecule has 0 spiro atoms. The van der Waals surface area contributed by atoms with E-state index in [0.29, 0.717) is 12.5 Å². The van der Waals surface area contributed by atoms with E-state index < -0.39 is 5.60 Å². The van der Waals surface area contributed by atoms with Crippen LogP contribution < -0.4 is 10.2 Å². The molecule has 0 saturated heterocycles. The minimum absolute atomic E-state index is 0.313. The minimum Gasteiger partial charge on any atom is -0.389 e. The van der Waals surface area contributed by atoms with Gasteiger partial charge in [0.2, 0.25) is 0 Å². The zero-order chi connectivity index (χ0) is 13.9. The molecule has 18 heavy (non-hydrogen) atoms. The van der Waals surface area contributed by atoms with Gasteiger partial charge < -0.3 is 15.3 Å². The van der Waals surface area contributed by atoms with Crippen LogP contribution in [0.15, 0.2) is 6.33 Å². The van der Waals surface area contributed by atoms with Crippen molar-refractivity contribution in [3.05, 3.63) is 11.9 Å². The quantitative estimate of drug-likeness (QED) is 0.837. The molecule has 0 fully saturated rings. The number of likely N-dealkylation sites (N-methyl/N-ethyl adjacent to an activating group) is 1. The second-order valence-corrected chi connectivity index (χ2v) is 5.53. The van der Waals surface area contributed by atoms with Crippen LogP contribution in [-0.4, -0.2) is 41.3 Å². The van der Waals surface area contributed by atoms with Gasteiger partial charge in [0.15, 0.2) is 0 Å². The second kappa shape index (κ2) is 5.52. The molecule has 5 nitrogen and oxygen atoms in total. The summed E-state index contributed by atoms with van der Waals surface area (Å²) in [4.78, 5) is 10.6.